The van der Waals surface area contributed by atoms with Gasteiger partial charge in [-0.1, -0.05) is 0 Å². The molecule has 0 saturated heterocycles. The maximum atomic E-state index is 5.18. The van der Waals surface area contributed by atoms with Gasteiger partial charge in [-0.3, -0.25) is 0 Å². The summed E-state index contributed by atoms with van der Waals surface area (Å²) in [7, 11) is 5.68. The van der Waals surface area contributed by atoms with Crippen LogP contribution in [0.25, 0.3) is 0 Å². The fourth-order valence-electron chi connectivity index (χ4n) is 1.49. The Balaban J connectivity index is 2.94. The van der Waals surface area contributed by atoms with Crippen LogP contribution in [0.15, 0.2) is 18.2 Å². The van der Waals surface area contributed by atoms with Gasteiger partial charge in [0.1, 0.15) is 5.75 Å². The minimum Gasteiger partial charge on any atom is -0.497 e. The topological polar surface area (TPSA) is 47.7 Å². The van der Waals surface area contributed by atoms with Crippen molar-refractivity contribution in [3.8, 4) is 5.75 Å². The fourth-order valence-corrected chi connectivity index (χ4v) is 1.49. The van der Waals surface area contributed by atoms with Gasteiger partial charge in [-0.2, -0.15) is 0 Å². The molecule has 0 bridgehead atoms. The molecular formula is C11H18N2O2. The van der Waals surface area contributed by atoms with Crippen molar-refractivity contribution in [2.45, 2.75) is 6.42 Å². The number of benzene rings is 1. The quantitative estimate of drug-likeness (QED) is 0.742. The van der Waals surface area contributed by atoms with Crippen LogP contribution >= 0.6 is 0 Å². The molecule has 1 aromatic carbocycles. The number of rotatable bonds is 5. The molecule has 4 heteroatoms. The van der Waals surface area contributed by atoms with Crippen LogP contribution in [-0.2, 0) is 11.3 Å². The second-order valence-corrected chi connectivity index (χ2v) is 3.51. The van der Waals surface area contributed by atoms with Crippen molar-refractivity contribution in [3.63, 3.8) is 0 Å². The molecule has 2 N–H and O–H groups in total. The summed E-state index contributed by atoms with van der Waals surface area (Å²) < 4.78 is 5.18. The van der Waals surface area contributed by atoms with E-state index in [0.717, 1.165) is 17.9 Å². The van der Waals surface area contributed by atoms with Crippen LogP contribution in [-0.4, -0.2) is 27.8 Å². The summed E-state index contributed by atoms with van der Waals surface area (Å²) in [4.78, 5) is 6.66. The lowest BCUT2D eigenvalue weighted by Crippen LogP contribution is -2.13. The highest BCUT2D eigenvalue weighted by atomic mass is 16.6. The molecule has 15 heavy (non-hydrogen) atoms. The van der Waals surface area contributed by atoms with Gasteiger partial charge in [0, 0.05) is 19.8 Å². The summed E-state index contributed by atoms with van der Waals surface area (Å²) >= 11 is 0. The summed E-state index contributed by atoms with van der Waals surface area (Å²) in [5.74, 6) is 5.88. The van der Waals surface area contributed by atoms with Gasteiger partial charge in [0.25, 0.3) is 0 Å². The molecule has 4 nitrogen and oxygen atoms in total. The van der Waals surface area contributed by atoms with E-state index in [0.29, 0.717) is 6.61 Å². The van der Waals surface area contributed by atoms with Gasteiger partial charge in [0.05, 0.1) is 13.7 Å². The SMILES string of the molecule is COc1ccc(N(C)C)c(CCON)c1. The van der Waals surface area contributed by atoms with Crippen LogP contribution in [0.3, 0.4) is 0 Å². The third kappa shape index (κ3) is 3.11. The van der Waals surface area contributed by atoms with Crippen molar-refractivity contribution in [1.29, 1.82) is 0 Å². The zero-order valence-corrected chi connectivity index (χ0v) is 9.49. The molecule has 0 aliphatic heterocycles. The summed E-state index contributed by atoms with van der Waals surface area (Å²) in [6.07, 6.45) is 0.779. The summed E-state index contributed by atoms with van der Waals surface area (Å²) in [5.41, 5.74) is 2.33. The summed E-state index contributed by atoms with van der Waals surface area (Å²) in [5, 5.41) is 0. The Morgan fingerprint density at radius 3 is 2.60 bits per heavy atom. The van der Waals surface area contributed by atoms with E-state index >= 15 is 0 Å². The predicted octanol–water partition coefficient (Wildman–Crippen LogP) is 1.19. The van der Waals surface area contributed by atoms with E-state index in [1.54, 1.807) is 7.11 Å². The summed E-state index contributed by atoms with van der Waals surface area (Å²) in [6, 6.07) is 5.99. The Hall–Kier alpha value is -1.26. The van der Waals surface area contributed by atoms with Crippen LogP contribution in [0.2, 0.25) is 0 Å². The first-order valence-corrected chi connectivity index (χ1v) is 4.85. The number of methoxy groups -OCH3 is 1. The predicted molar refractivity (Wildman–Crippen MR) is 61.2 cm³/mol. The third-order valence-corrected chi connectivity index (χ3v) is 2.26. The lowest BCUT2D eigenvalue weighted by atomic mass is 10.1. The minimum absolute atomic E-state index is 0.508. The van der Waals surface area contributed by atoms with Gasteiger partial charge >= 0.3 is 0 Å². The maximum Gasteiger partial charge on any atom is 0.119 e. The zero-order chi connectivity index (χ0) is 11.3. The Labute approximate surface area is 90.5 Å². The average molecular weight is 210 g/mol. The Morgan fingerprint density at radius 1 is 1.33 bits per heavy atom. The lowest BCUT2D eigenvalue weighted by Gasteiger charge is -2.18. The first-order chi connectivity index (χ1) is 7.19. The molecule has 0 aromatic heterocycles. The standard InChI is InChI=1S/C11H18N2O2/c1-13(2)11-5-4-10(14-3)8-9(11)6-7-15-12/h4-5,8H,6-7,12H2,1-3H3. The number of hydrogen-bond acceptors (Lipinski definition) is 4. The number of nitrogens with zero attached hydrogens (tertiary/aromatic N) is 1. The van der Waals surface area contributed by atoms with Crippen LogP contribution in [0.5, 0.6) is 5.75 Å². The van der Waals surface area contributed by atoms with Gasteiger partial charge in [0.2, 0.25) is 0 Å². The van der Waals surface area contributed by atoms with Crippen molar-refractivity contribution in [2.24, 2.45) is 5.90 Å². The molecular weight excluding hydrogens is 192 g/mol. The van der Waals surface area contributed by atoms with Gasteiger partial charge in [0.15, 0.2) is 0 Å². The average Bonchev–Trinajstić information content (AvgIpc) is 2.25. The zero-order valence-electron chi connectivity index (χ0n) is 9.49. The molecule has 0 amide bonds. The highest BCUT2D eigenvalue weighted by Crippen LogP contribution is 2.24. The first-order valence-electron chi connectivity index (χ1n) is 4.85. The van der Waals surface area contributed by atoms with Crippen molar-refractivity contribution in [3.05, 3.63) is 23.8 Å². The molecule has 0 aliphatic rings. The fraction of sp³-hybridized carbons (Fsp3) is 0.455. The largest absolute Gasteiger partial charge is 0.497 e. The van der Waals surface area contributed by atoms with Crippen LogP contribution in [0.1, 0.15) is 5.56 Å². The maximum absolute atomic E-state index is 5.18. The van der Waals surface area contributed by atoms with Gasteiger partial charge in [-0.25, -0.2) is 5.90 Å². The lowest BCUT2D eigenvalue weighted by molar-refractivity contribution is 0.141. The van der Waals surface area contributed by atoms with Crippen LogP contribution in [0, 0.1) is 0 Å². The van der Waals surface area contributed by atoms with E-state index in [-0.39, 0.29) is 0 Å². The number of ether oxygens (including phenoxy) is 1. The van der Waals surface area contributed by atoms with Gasteiger partial charge in [-0.15, -0.1) is 0 Å². The molecule has 0 radical (unpaired) electrons. The highest BCUT2D eigenvalue weighted by Gasteiger charge is 2.06. The van der Waals surface area contributed by atoms with E-state index in [2.05, 4.69) is 9.74 Å². The van der Waals surface area contributed by atoms with Crippen molar-refractivity contribution in [1.82, 2.24) is 0 Å². The molecule has 0 spiro atoms. The Kier molecular flexibility index (Phi) is 4.39. The Morgan fingerprint density at radius 2 is 2.07 bits per heavy atom. The molecule has 0 saturated carbocycles. The van der Waals surface area contributed by atoms with Crippen molar-refractivity contribution in [2.75, 3.05) is 32.7 Å². The molecule has 0 aliphatic carbocycles. The smallest absolute Gasteiger partial charge is 0.119 e. The normalized spacial score (nSPS) is 10.1. The van der Waals surface area contributed by atoms with Crippen LogP contribution in [0.4, 0.5) is 5.69 Å². The minimum atomic E-state index is 0.508. The van der Waals surface area contributed by atoms with Gasteiger partial charge in [-0.05, 0) is 30.2 Å². The number of anilines is 1. The van der Waals surface area contributed by atoms with E-state index in [1.807, 2.05) is 32.3 Å². The summed E-state index contributed by atoms with van der Waals surface area (Å²) in [6.45, 7) is 0.508. The van der Waals surface area contributed by atoms with E-state index in [1.165, 1.54) is 5.56 Å². The molecule has 0 atom stereocenters. The molecule has 0 heterocycles. The van der Waals surface area contributed by atoms with Gasteiger partial charge < -0.3 is 14.5 Å². The van der Waals surface area contributed by atoms with Crippen molar-refractivity contribution >= 4 is 5.69 Å². The number of hydrogen-bond donors (Lipinski definition) is 1. The number of nitrogens with two attached hydrogens (primary N) is 1. The van der Waals surface area contributed by atoms with Crippen molar-refractivity contribution < 1.29 is 9.57 Å². The molecule has 1 rings (SSSR count). The second-order valence-electron chi connectivity index (χ2n) is 3.51. The molecule has 0 unspecified atom stereocenters. The first kappa shape index (κ1) is 11.8. The van der Waals surface area contributed by atoms with E-state index in [9.17, 15) is 0 Å². The molecule has 1 aromatic rings. The van der Waals surface area contributed by atoms with E-state index in [4.69, 9.17) is 10.6 Å². The third-order valence-electron chi connectivity index (χ3n) is 2.26. The Bertz CT molecular complexity index is 313. The monoisotopic (exact) mass is 210 g/mol. The second kappa shape index (κ2) is 5.58. The molecule has 0 fully saturated rings. The molecule has 84 valence electrons. The highest BCUT2D eigenvalue weighted by molar-refractivity contribution is 5.55. The van der Waals surface area contributed by atoms with E-state index < -0.39 is 0 Å². The van der Waals surface area contributed by atoms with Crippen LogP contribution < -0.4 is 15.5 Å².